The number of methoxy groups -OCH3 is 1. The number of aromatic nitrogens is 2. The Hall–Kier alpha value is -2.03. The summed E-state index contributed by atoms with van der Waals surface area (Å²) in [7, 11) is 1.72. The summed E-state index contributed by atoms with van der Waals surface area (Å²) in [6, 6.07) is -0.241. The van der Waals surface area contributed by atoms with Crippen molar-refractivity contribution < 1.29 is 18.3 Å². The maximum absolute atomic E-state index is 13.7. The van der Waals surface area contributed by atoms with Gasteiger partial charge in [-0.25, -0.2) is 13.8 Å². The van der Waals surface area contributed by atoms with Crippen LogP contribution in [-0.4, -0.2) is 47.1 Å². The van der Waals surface area contributed by atoms with E-state index in [9.17, 15) is 13.6 Å². The summed E-state index contributed by atoms with van der Waals surface area (Å²) in [6.07, 6.45) is 6.04. The van der Waals surface area contributed by atoms with Gasteiger partial charge in [0.05, 0.1) is 11.7 Å². The molecule has 1 aromatic rings. The molecule has 2 fully saturated rings. The molecule has 1 aromatic heterocycles. The van der Waals surface area contributed by atoms with Gasteiger partial charge in [0.1, 0.15) is 5.82 Å². The van der Waals surface area contributed by atoms with Crippen LogP contribution in [0.4, 0.5) is 20.5 Å². The number of nitrogens with one attached hydrogen (secondary N) is 2. The molecule has 0 radical (unpaired) electrons. The van der Waals surface area contributed by atoms with Gasteiger partial charge in [-0.05, 0) is 38.5 Å². The minimum absolute atomic E-state index is 0.103. The lowest BCUT2D eigenvalue weighted by Gasteiger charge is -2.30. The molecule has 4 N–H and O–H groups in total. The van der Waals surface area contributed by atoms with Gasteiger partial charge in [0, 0.05) is 38.2 Å². The standard InChI is InChI=1S/C18H27F2N5O2/c1-27-13-6-4-11(5-7-13)24-17-22-10-14(15(21)26)16(25-17)23-12-3-2-8-18(19,20)9-12/h10-13H,2-9H2,1H3,(H2,21,26)(H2,22,23,24,25)/t11-,12-,13-/m0/s1. The molecule has 0 bridgehead atoms. The molecular formula is C18H27F2N5O2. The molecule has 1 heterocycles. The van der Waals surface area contributed by atoms with Crippen molar-refractivity contribution in [1.29, 1.82) is 0 Å². The van der Waals surface area contributed by atoms with E-state index in [1.165, 1.54) is 6.20 Å². The predicted molar refractivity (Wildman–Crippen MR) is 98.1 cm³/mol. The third kappa shape index (κ3) is 5.24. The normalized spacial score (nSPS) is 27.7. The van der Waals surface area contributed by atoms with E-state index in [4.69, 9.17) is 10.5 Å². The van der Waals surface area contributed by atoms with Crippen LogP contribution >= 0.6 is 0 Å². The second-order valence-corrected chi connectivity index (χ2v) is 7.47. The van der Waals surface area contributed by atoms with Crippen LogP contribution in [0.2, 0.25) is 0 Å². The molecule has 27 heavy (non-hydrogen) atoms. The summed E-state index contributed by atoms with van der Waals surface area (Å²) >= 11 is 0. The number of amides is 1. The number of anilines is 2. The lowest BCUT2D eigenvalue weighted by molar-refractivity contribution is -0.0373. The first kappa shape index (κ1) is 19.7. The van der Waals surface area contributed by atoms with E-state index in [0.29, 0.717) is 18.8 Å². The lowest BCUT2D eigenvalue weighted by Crippen LogP contribution is -2.35. The van der Waals surface area contributed by atoms with E-state index in [2.05, 4.69) is 20.6 Å². The van der Waals surface area contributed by atoms with Gasteiger partial charge in [0.15, 0.2) is 0 Å². The molecule has 9 heteroatoms. The van der Waals surface area contributed by atoms with E-state index in [-0.39, 0.29) is 36.4 Å². The van der Waals surface area contributed by atoms with Gasteiger partial charge in [-0.1, -0.05) is 0 Å². The second kappa shape index (κ2) is 8.33. The largest absolute Gasteiger partial charge is 0.381 e. The van der Waals surface area contributed by atoms with E-state index in [0.717, 1.165) is 25.7 Å². The minimum Gasteiger partial charge on any atom is -0.381 e. The Labute approximate surface area is 157 Å². The first-order chi connectivity index (χ1) is 12.9. The van der Waals surface area contributed by atoms with Gasteiger partial charge in [0.2, 0.25) is 11.9 Å². The number of hydrogen-bond acceptors (Lipinski definition) is 6. The predicted octanol–water partition coefficient (Wildman–Crippen LogP) is 2.93. The zero-order valence-electron chi connectivity index (χ0n) is 15.5. The first-order valence-corrected chi connectivity index (χ1v) is 9.47. The Morgan fingerprint density at radius 2 is 1.96 bits per heavy atom. The molecule has 0 saturated heterocycles. The monoisotopic (exact) mass is 383 g/mol. The van der Waals surface area contributed by atoms with Crippen LogP contribution in [0.3, 0.4) is 0 Å². The smallest absolute Gasteiger partial charge is 0.254 e. The molecule has 2 saturated carbocycles. The molecule has 2 aliphatic rings. The van der Waals surface area contributed by atoms with Gasteiger partial charge in [0.25, 0.3) is 5.91 Å². The van der Waals surface area contributed by atoms with Gasteiger partial charge >= 0.3 is 0 Å². The van der Waals surface area contributed by atoms with Crippen LogP contribution in [-0.2, 0) is 4.74 Å². The summed E-state index contributed by atoms with van der Waals surface area (Å²) in [5.74, 6) is -2.80. The highest BCUT2D eigenvalue weighted by atomic mass is 19.3. The van der Waals surface area contributed by atoms with Crippen LogP contribution in [0, 0.1) is 0 Å². The van der Waals surface area contributed by atoms with Crippen LogP contribution < -0.4 is 16.4 Å². The lowest BCUT2D eigenvalue weighted by atomic mass is 9.92. The summed E-state index contributed by atoms with van der Waals surface area (Å²) in [5.41, 5.74) is 5.51. The van der Waals surface area contributed by atoms with Crippen LogP contribution in [0.15, 0.2) is 6.20 Å². The third-order valence-corrected chi connectivity index (χ3v) is 5.38. The van der Waals surface area contributed by atoms with Gasteiger partial charge < -0.3 is 21.1 Å². The molecule has 1 amide bonds. The van der Waals surface area contributed by atoms with E-state index < -0.39 is 17.9 Å². The van der Waals surface area contributed by atoms with Crippen molar-refractivity contribution in [1.82, 2.24) is 9.97 Å². The van der Waals surface area contributed by atoms with Crippen LogP contribution in [0.1, 0.15) is 61.7 Å². The Morgan fingerprint density at radius 3 is 2.59 bits per heavy atom. The van der Waals surface area contributed by atoms with Crippen molar-refractivity contribution in [2.45, 2.75) is 75.5 Å². The molecule has 7 nitrogen and oxygen atoms in total. The average molecular weight is 383 g/mol. The second-order valence-electron chi connectivity index (χ2n) is 7.47. The van der Waals surface area contributed by atoms with Crippen molar-refractivity contribution >= 4 is 17.7 Å². The highest BCUT2D eigenvalue weighted by Gasteiger charge is 2.36. The maximum Gasteiger partial charge on any atom is 0.254 e. The number of carbonyl (C=O) groups is 1. The molecule has 150 valence electrons. The number of halogens is 2. The fourth-order valence-electron chi connectivity index (χ4n) is 3.86. The summed E-state index contributed by atoms with van der Waals surface area (Å²) in [4.78, 5) is 20.2. The van der Waals surface area contributed by atoms with Crippen molar-refractivity contribution in [3.63, 3.8) is 0 Å². The fraction of sp³-hybridized carbons (Fsp3) is 0.722. The summed E-state index contributed by atoms with van der Waals surface area (Å²) in [6.45, 7) is 0. The van der Waals surface area contributed by atoms with Crippen molar-refractivity contribution in [2.24, 2.45) is 5.73 Å². The number of carbonyl (C=O) groups excluding carboxylic acids is 1. The zero-order chi connectivity index (χ0) is 19.4. The van der Waals surface area contributed by atoms with Gasteiger partial charge in [-0.2, -0.15) is 4.98 Å². The zero-order valence-corrected chi connectivity index (χ0v) is 15.5. The van der Waals surface area contributed by atoms with E-state index in [1.807, 2.05) is 0 Å². The minimum atomic E-state index is -2.70. The molecule has 2 aliphatic carbocycles. The Bertz CT molecular complexity index is 665. The van der Waals surface area contributed by atoms with Crippen LogP contribution in [0.5, 0.6) is 0 Å². The highest BCUT2D eigenvalue weighted by Crippen LogP contribution is 2.34. The third-order valence-electron chi connectivity index (χ3n) is 5.38. The topological polar surface area (TPSA) is 102 Å². The molecule has 0 aliphatic heterocycles. The van der Waals surface area contributed by atoms with Crippen molar-refractivity contribution in [2.75, 3.05) is 17.7 Å². The maximum atomic E-state index is 13.7. The summed E-state index contributed by atoms with van der Waals surface area (Å²) in [5, 5.41) is 6.26. The highest BCUT2D eigenvalue weighted by molar-refractivity contribution is 5.97. The van der Waals surface area contributed by atoms with E-state index >= 15 is 0 Å². The Morgan fingerprint density at radius 1 is 1.22 bits per heavy atom. The molecule has 3 rings (SSSR count). The van der Waals surface area contributed by atoms with Gasteiger partial charge in [-0.3, -0.25) is 4.79 Å². The molecule has 0 spiro atoms. The number of rotatable bonds is 6. The van der Waals surface area contributed by atoms with Crippen LogP contribution in [0.25, 0.3) is 0 Å². The SMILES string of the molecule is CO[C@H]1CC[C@H](Nc2ncc(C(N)=O)c(N[C@H]3CCCC(F)(F)C3)n2)CC1. The number of primary amides is 1. The Balaban J connectivity index is 1.70. The van der Waals surface area contributed by atoms with Gasteiger partial charge in [-0.15, -0.1) is 0 Å². The number of hydrogen-bond donors (Lipinski definition) is 3. The van der Waals surface area contributed by atoms with Crippen molar-refractivity contribution in [3.05, 3.63) is 11.8 Å². The fourth-order valence-corrected chi connectivity index (χ4v) is 3.86. The summed E-state index contributed by atoms with van der Waals surface area (Å²) < 4.78 is 32.7. The molecular weight excluding hydrogens is 356 g/mol. The number of alkyl halides is 2. The number of nitrogens with two attached hydrogens (primary N) is 1. The number of nitrogens with zero attached hydrogens (tertiary/aromatic N) is 2. The molecule has 0 aromatic carbocycles. The quantitative estimate of drug-likeness (QED) is 0.698. The first-order valence-electron chi connectivity index (χ1n) is 9.47. The molecule has 1 atom stereocenters. The van der Waals surface area contributed by atoms with Crippen molar-refractivity contribution in [3.8, 4) is 0 Å². The number of ether oxygens (including phenoxy) is 1. The molecule has 0 unspecified atom stereocenters. The Kier molecular flexibility index (Phi) is 6.08. The average Bonchev–Trinajstić information content (AvgIpc) is 2.61. The van der Waals surface area contributed by atoms with E-state index in [1.54, 1.807) is 7.11 Å².